The van der Waals surface area contributed by atoms with Gasteiger partial charge in [0.15, 0.2) is 0 Å². The highest BCUT2D eigenvalue weighted by molar-refractivity contribution is 5.46. The highest BCUT2D eigenvalue weighted by Crippen LogP contribution is 2.16. The van der Waals surface area contributed by atoms with Crippen molar-refractivity contribution < 1.29 is 4.39 Å². The predicted octanol–water partition coefficient (Wildman–Crippen LogP) is 3.16. The minimum atomic E-state index is -0.233. The molecule has 1 aliphatic heterocycles. The largest absolute Gasteiger partial charge is 0.369 e. The maximum Gasteiger partial charge on any atom is 0.137 e. The normalized spacial score (nSPS) is 15.2. The molecule has 0 saturated carbocycles. The van der Waals surface area contributed by atoms with Crippen LogP contribution >= 0.6 is 0 Å². The predicted molar refractivity (Wildman–Crippen MR) is 105 cm³/mol. The maximum absolute atomic E-state index is 13.1. The molecule has 2 heterocycles. The third-order valence-corrected chi connectivity index (χ3v) is 5.09. The Hall–Kier alpha value is -2.73. The van der Waals surface area contributed by atoms with Gasteiger partial charge in [0, 0.05) is 44.0 Å². The van der Waals surface area contributed by atoms with E-state index in [-0.39, 0.29) is 5.82 Å². The molecule has 0 atom stereocenters. The summed E-state index contributed by atoms with van der Waals surface area (Å²) in [6, 6.07) is 17.0. The Balaban J connectivity index is 1.27. The van der Waals surface area contributed by atoms with Crippen LogP contribution < -0.4 is 4.90 Å². The van der Waals surface area contributed by atoms with Crippen LogP contribution in [-0.2, 0) is 6.42 Å². The third kappa shape index (κ3) is 4.34. The van der Waals surface area contributed by atoms with E-state index in [0.717, 1.165) is 57.1 Å². The average molecular weight is 365 g/mol. The van der Waals surface area contributed by atoms with Gasteiger partial charge in [0.05, 0.1) is 0 Å². The fourth-order valence-electron chi connectivity index (χ4n) is 3.58. The van der Waals surface area contributed by atoms with Crippen LogP contribution in [0.15, 0.2) is 60.9 Å². The summed E-state index contributed by atoms with van der Waals surface area (Å²) >= 11 is 0. The number of aromatic nitrogens is 3. The maximum atomic E-state index is 13.1. The molecule has 4 rings (SSSR count). The zero-order valence-electron chi connectivity index (χ0n) is 15.3. The van der Waals surface area contributed by atoms with Gasteiger partial charge in [-0.1, -0.05) is 18.2 Å². The molecule has 2 aromatic carbocycles. The molecule has 3 aromatic rings. The Kier molecular flexibility index (Phi) is 5.44. The molecule has 0 bridgehead atoms. The second kappa shape index (κ2) is 8.31. The van der Waals surface area contributed by atoms with E-state index < -0.39 is 0 Å². The van der Waals surface area contributed by atoms with E-state index in [1.807, 2.05) is 4.57 Å². The molecule has 1 aliphatic rings. The number of piperazine rings is 1. The molecular formula is C21H24FN5. The molecule has 5 nitrogen and oxygen atoms in total. The first-order valence-corrected chi connectivity index (χ1v) is 9.47. The molecule has 140 valence electrons. The Morgan fingerprint density at radius 2 is 1.59 bits per heavy atom. The third-order valence-electron chi connectivity index (χ3n) is 5.09. The first-order valence-electron chi connectivity index (χ1n) is 9.47. The minimum Gasteiger partial charge on any atom is -0.369 e. The van der Waals surface area contributed by atoms with E-state index in [1.165, 1.54) is 17.8 Å². The molecule has 0 N–H and O–H groups in total. The number of para-hydroxylation sites is 1. The van der Waals surface area contributed by atoms with Crippen molar-refractivity contribution in [3.05, 3.63) is 72.6 Å². The summed E-state index contributed by atoms with van der Waals surface area (Å²) in [7, 11) is 0. The smallest absolute Gasteiger partial charge is 0.137 e. The van der Waals surface area contributed by atoms with Crippen molar-refractivity contribution in [3.63, 3.8) is 0 Å². The summed E-state index contributed by atoms with van der Waals surface area (Å²) in [6.07, 6.45) is 3.59. The number of rotatable bonds is 6. The van der Waals surface area contributed by atoms with Crippen LogP contribution in [0.1, 0.15) is 12.2 Å². The number of anilines is 1. The van der Waals surface area contributed by atoms with Gasteiger partial charge in [-0.25, -0.2) is 4.39 Å². The van der Waals surface area contributed by atoms with Gasteiger partial charge in [-0.3, -0.25) is 9.47 Å². The molecule has 1 saturated heterocycles. The zero-order chi connectivity index (χ0) is 18.5. The van der Waals surface area contributed by atoms with Gasteiger partial charge in [-0.05, 0) is 49.4 Å². The highest BCUT2D eigenvalue weighted by Gasteiger charge is 2.17. The number of hydrogen-bond acceptors (Lipinski definition) is 4. The summed E-state index contributed by atoms with van der Waals surface area (Å²) in [5.74, 6) is 0.688. The SMILES string of the molecule is Fc1ccc(-n2cnnc2CCCN2CCN(c3ccccc3)CC2)cc1. The second-order valence-electron chi connectivity index (χ2n) is 6.86. The summed E-state index contributed by atoms with van der Waals surface area (Å²) in [4.78, 5) is 4.96. The lowest BCUT2D eigenvalue weighted by Gasteiger charge is -2.36. The van der Waals surface area contributed by atoms with Gasteiger partial charge in [0.1, 0.15) is 18.0 Å². The fourth-order valence-corrected chi connectivity index (χ4v) is 3.58. The molecule has 1 aromatic heterocycles. The number of aryl methyl sites for hydroxylation is 1. The average Bonchev–Trinajstić information content (AvgIpc) is 3.18. The summed E-state index contributed by atoms with van der Waals surface area (Å²) < 4.78 is 15.1. The molecule has 6 heteroatoms. The van der Waals surface area contributed by atoms with Crippen molar-refractivity contribution in [2.45, 2.75) is 12.8 Å². The molecule has 0 amide bonds. The summed E-state index contributed by atoms with van der Waals surface area (Å²) in [6.45, 7) is 5.35. The van der Waals surface area contributed by atoms with Crippen molar-refractivity contribution in [1.82, 2.24) is 19.7 Å². The molecule has 27 heavy (non-hydrogen) atoms. The molecule has 0 radical (unpaired) electrons. The molecule has 1 fully saturated rings. The Morgan fingerprint density at radius 1 is 0.852 bits per heavy atom. The van der Waals surface area contributed by atoms with Crippen molar-refractivity contribution in [2.24, 2.45) is 0 Å². The van der Waals surface area contributed by atoms with E-state index in [4.69, 9.17) is 0 Å². The lowest BCUT2D eigenvalue weighted by molar-refractivity contribution is 0.254. The fraction of sp³-hybridized carbons (Fsp3) is 0.333. The van der Waals surface area contributed by atoms with Crippen LogP contribution in [0.4, 0.5) is 10.1 Å². The summed E-state index contributed by atoms with van der Waals surface area (Å²) in [5, 5.41) is 8.27. The van der Waals surface area contributed by atoms with Gasteiger partial charge in [0.25, 0.3) is 0 Å². The first-order chi connectivity index (χ1) is 13.3. The van der Waals surface area contributed by atoms with E-state index in [0.29, 0.717) is 0 Å². The van der Waals surface area contributed by atoms with E-state index in [9.17, 15) is 4.39 Å². The van der Waals surface area contributed by atoms with Crippen LogP contribution in [0, 0.1) is 5.82 Å². The zero-order valence-corrected chi connectivity index (χ0v) is 15.3. The van der Waals surface area contributed by atoms with Gasteiger partial charge < -0.3 is 4.90 Å². The quantitative estimate of drug-likeness (QED) is 0.672. The Morgan fingerprint density at radius 3 is 2.33 bits per heavy atom. The number of benzene rings is 2. The van der Waals surface area contributed by atoms with Crippen molar-refractivity contribution in [2.75, 3.05) is 37.6 Å². The van der Waals surface area contributed by atoms with Crippen LogP contribution in [0.2, 0.25) is 0 Å². The van der Waals surface area contributed by atoms with Gasteiger partial charge >= 0.3 is 0 Å². The number of halogens is 1. The standard InChI is InChI=1S/C21H24FN5/c22-18-8-10-20(11-9-18)27-17-23-24-21(27)7-4-12-25-13-15-26(16-14-25)19-5-2-1-3-6-19/h1-3,5-6,8-11,17H,4,7,12-16H2. The monoisotopic (exact) mass is 365 g/mol. The van der Waals surface area contributed by atoms with Gasteiger partial charge in [0.2, 0.25) is 0 Å². The minimum absolute atomic E-state index is 0.233. The van der Waals surface area contributed by atoms with E-state index in [1.54, 1.807) is 18.5 Å². The lowest BCUT2D eigenvalue weighted by atomic mass is 10.2. The highest BCUT2D eigenvalue weighted by atomic mass is 19.1. The van der Waals surface area contributed by atoms with Crippen LogP contribution in [0.3, 0.4) is 0 Å². The van der Waals surface area contributed by atoms with Crippen LogP contribution in [0.25, 0.3) is 5.69 Å². The van der Waals surface area contributed by atoms with E-state index in [2.05, 4.69) is 50.3 Å². The number of hydrogen-bond donors (Lipinski definition) is 0. The van der Waals surface area contributed by atoms with Crippen molar-refractivity contribution in [1.29, 1.82) is 0 Å². The summed E-state index contributed by atoms with van der Waals surface area (Å²) in [5.41, 5.74) is 2.21. The van der Waals surface area contributed by atoms with Crippen LogP contribution in [-0.4, -0.2) is 52.4 Å². The van der Waals surface area contributed by atoms with Crippen LogP contribution in [0.5, 0.6) is 0 Å². The van der Waals surface area contributed by atoms with Gasteiger partial charge in [-0.15, -0.1) is 10.2 Å². The first kappa shape index (κ1) is 17.7. The Bertz CT molecular complexity index is 839. The lowest BCUT2D eigenvalue weighted by Crippen LogP contribution is -2.46. The van der Waals surface area contributed by atoms with Gasteiger partial charge in [-0.2, -0.15) is 0 Å². The Labute approximate surface area is 159 Å². The second-order valence-corrected chi connectivity index (χ2v) is 6.86. The van der Waals surface area contributed by atoms with Crippen molar-refractivity contribution in [3.8, 4) is 5.69 Å². The number of nitrogens with zero attached hydrogens (tertiary/aromatic N) is 5. The molecule has 0 aliphatic carbocycles. The van der Waals surface area contributed by atoms with Crippen molar-refractivity contribution >= 4 is 5.69 Å². The topological polar surface area (TPSA) is 37.2 Å². The molecular weight excluding hydrogens is 341 g/mol. The van der Waals surface area contributed by atoms with E-state index >= 15 is 0 Å². The molecule has 0 unspecified atom stereocenters. The molecule has 0 spiro atoms.